The lowest BCUT2D eigenvalue weighted by Crippen LogP contribution is -2.14. The van der Waals surface area contributed by atoms with Crippen LogP contribution in [0.4, 0.5) is 10.1 Å². The summed E-state index contributed by atoms with van der Waals surface area (Å²) < 4.78 is 41.7. The molecule has 0 atom stereocenters. The van der Waals surface area contributed by atoms with E-state index in [1.807, 2.05) is 31.2 Å². The molecule has 0 saturated heterocycles. The number of sulfonamides is 1. The second-order valence-corrected chi connectivity index (χ2v) is 7.74. The lowest BCUT2D eigenvalue weighted by Gasteiger charge is -2.13. The lowest BCUT2D eigenvalue weighted by molar-refractivity contribution is 0.594. The molecule has 1 N–H and O–H groups in total. The molecule has 3 aromatic rings. The highest BCUT2D eigenvalue weighted by Gasteiger charge is 2.18. The number of nitrogens with one attached hydrogen (secondary N) is 1. The molecule has 0 fully saturated rings. The Kier molecular flexibility index (Phi) is 4.83. The van der Waals surface area contributed by atoms with Crippen molar-refractivity contribution in [1.82, 2.24) is 0 Å². The van der Waals surface area contributed by atoms with Gasteiger partial charge >= 0.3 is 0 Å². The Bertz CT molecular complexity index is 1000. The third kappa shape index (κ3) is 3.70. The van der Waals surface area contributed by atoms with E-state index in [9.17, 15) is 12.8 Å². The molecule has 0 spiro atoms. The highest BCUT2D eigenvalue weighted by atomic mass is 32.2. The van der Waals surface area contributed by atoms with Gasteiger partial charge in [-0.05, 0) is 36.2 Å². The van der Waals surface area contributed by atoms with Crippen molar-refractivity contribution in [3.63, 3.8) is 0 Å². The minimum atomic E-state index is -3.86. The van der Waals surface area contributed by atoms with Crippen LogP contribution in [-0.2, 0) is 10.0 Å². The quantitative estimate of drug-likeness (QED) is 0.640. The van der Waals surface area contributed by atoms with E-state index in [2.05, 4.69) is 17.4 Å². The van der Waals surface area contributed by atoms with Gasteiger partial charge in [0, 0.05) is 4.90 Å². The normalized spacial score (nSPS) is 11.3. The summed E-state index contributed by atoms with van der Waals surface area (Å²) in [5.41, 5.74) is 2.37. The lowest BCUT2D eigenvalue weighted by atomic mass is 10.0. The van der Waals surface area contributed by atoms with Crippen molar-refractivity contribution < 1.29 is 12.8 Å². The minimum Gasteiger partial charge on any atom is -0.277 e. The first-order valence-electron chi connectivity index (χ1n) is 7.55. The predicted octanol–water partition coefficient (Wildman–Crippen LogP) is 4.89. The van der Waals surface area contributed by atoms with Gasteiger partial charge in [0.15, 0.2) is 5.82 Å². The molecule has 0 aliphatic carbocycles. The molecular formula is C19H16FNO2S2. The topological polar surface area (TPSA) is 46.2 Å². The fourth-order valence-electron chi connectivity index (χ4n) is 2.41. The van der Waals surface area contributed by atoms with Crippen molar-refractivity contribution in [1.29, 1.82) is 0 Å². The molecule has 0 unspecified atom stereocenters. The van der Waals surface area contributed by atoms with Crippen LogP contribution in [0.25, 0.3) is 11.1 Å². The van der Waals surface area contributed by atoms with Crippen LogP contribution in [-0.4, -0.2) is 8.42 Å². The summed E-state index contributed by atoms with van der Waals surface area (Å²) in [6.45, 7) is 1.97. The molecule has 25 heavy (non-hydrogen) atoms. The Morgan fingerprint density at radius 2 is 1.56 bits per heavy atom. The molecule has 0 radical (unpaired) electrons. The van der Waals surface area contributed by atoms with Crippen LogP contribution in [0.3, 0.4) is 0 Å². The molecule has 0 aliphatic heterocycles. The standard InChI is InChI=1S/C19H16FNO2S2/c1-13-7-9-14(10-8-13)16-11-12-17(18(20)19(16)24)21-25(22,23)15-5-3-2-4-6-15/h2-12,21,24H,1H3. The van der Waals surface area contributed by atoms with Crippen LogP contribution in [0.15, 0.2) is 76.5 Å². The SMILES string of the molecule is Cc1ccc(-c2ccc(NS(=O)(=O)c3ccccc3)c(F)c2S)cc1. The number of rotatable bonds is 4. The number of anilines is 1. The number of halogens is 1. The maximum Gasteiger partial charge on any atom is 0.261 e. The van der Waals surface area contributed by atoms with E-state index >= 15 is 0 Å². The van der Waals surface area contributed by atoms with Crippen molar-refractivity contribution >= 4 is 28.3 Å². The average Bonchev–Trinajstić information content (AvgIpc) is 2.61. The van der Waals surface area contributed by atoms with E-state index in [1.165, 1.54) is 18.2 Å². The van der Waals surface area contributed by atoms with Crippen LogP contribution in [0.1, 0.15) is 5.56 Å². The zero-order valence-electron chi connectivity index (χ0n) is 13.4. The maximum absolute atomic E-state index is 14.7. The van der Waals surface area contributed by atoms with Crippen molar-refractivity contribution in [2.24, 2.45) is 0 Å². The summed E-state index contributed by atoms with van der Waals surface area (Å²) in [5, 5.41) is 0. The zero-order chi connectivity index (χ0) is 18.0. The number of benzene rings is 3. The molecule has 3 nitrogen and oxygen atoms in total. The van der Waals surface area contributed by atoms with Crippen molar-refractivity contribution in [3.05, 3.63) is 78.1 Å². The van der Waals surface area contributed by atoms with Gasteiger partial charge in [-0.2, -0.15) is 0 Å². The zero-order valence-corrected chi connectivity index (χ0v) is 15.1. The first-order chi connectivity index (χ1) is 11.9. The van der Waals surface area contributed by atoms with E-state index < -0.39 is 15.8 Å². The Balaban J connectivity index is 1.97. The number of hydrogen-bond donors (Lipinski definition) is 2. The van der Waals surface area contributed by atoms with Gasteiger partial charge < -0.3 is 0 Å². The summed E-state index contributed by atoms with van der Waals surface area (Å²) in [4.78, 5) is 0.162. The van der Waals surface area contributed by atoms with Crippen LogP contribution in [0.5, 0.6) is 0 Å². The molecule has 3 aromatic carbocycles. The Hall–Kier alpha value is -2.31. The third-order valence-corrected chi connectivity index (χ3v) is 5.60. The van der Waals surface area contributed by atoms with Gasteiger partial charge in [0.2, 0.25) is 0 Å². The van der Waals surface area contributed by atoms with Crippen LogP contribution < -0.4 is 4.72 Å². The first-order valence-corrected chi connectivity index (χ1v) is 9.48. The van der Waals surface area contributed by atoms with Gasteiger partial charge in [0.25, 0.3) is 10.0 Å². The largest absolute Gasteiger partial charge is 0.277 e. The summed E-state index contributed by atoms with van der Waals surface area (Å²) in [6.07, 6.45) is 0. The van der Waals surface area contributed by atoms with Crippen LogP contribution in [0, 0.1) is 12.7 Å². The van der Waals surface area contributed by atoms with Gasteiger partial charge in [-0.1, -0.05) is 54.1 Å². The fraction of sp³-hybridized carbons (Fsp3) is 0.0526. The van der Waals surface area contributed by atoms with E-state index in [1.54, 1.807) is 24.3 Å². The van der Waals surface area contributed by atoms with E-state index in [4.69, 9.17) is 0 Å². The molecule has 128 valence electrons. The molecule has 0 saturated carbocycles. The number of aryl methyl sites for hydroxylation is 1. The van der Waals surface area contributed by atoms with Gasteiger partial charge in [0.05, 0.1) is 10.6 Å². The summed E-state index contributed by atoms with van der Waals surface area (Å²) >= 11 is 4.25. The highest BCUT2D eigenvalue weighted by Crippen LogP contribution is 2.33. The smallest absolute Gasteiger partial charge is 0.261 e. The van der Waals surface area contributed by atoms with Gasteiger partial charge in [-0.3, -0.25) is 4.72 Å². The molecule has 0 aliphatic rings. The summed E-state index contributed by atoms with van der Waals surface area (Å²) in [7, 11) is -3.86. The molecule has 0 bridgehead atoms. The number of hydrogen-bond acceptors (Lipinski definition) is 3. The molecule has 3 rings (SSSR count). The molecule has 0 aromatic heterocycles. The molecule has 6 heteroatoms. The monoisotopic (exact) mass is 373 g/mol. The molecule has 0 amide bonds. The molecular weight excluding hydrogens is 357 g/mol. The number of thiol groups is 1. The Morgan fingerprint density at radius 3 is 2.20 bits per heavy atom. The second kappa shape index (κ2) is 6.90. The van der Waals surface area contributed by atoms with Crippen molar-refractivity contribution in [2.45, 2.75) is 16.7 Å². The Morgan fingerprint density at radius 1 is 0.920 bits per heavy atom. The van der Waals surface area contributed by atoms with Crippen molar-refractivity contribution in [3.8, 4) is 11.1 Å². The van der Waals surface area contributed by atoms with Crippen LogP contribution in [0.2, 0.25) is 0 Å². The fourth-order valence-corrected chi connectivity index (χ4v) is 3.82. The Labute approximate surface area is 152 Å². The maximum atomic E-state index is 14.7. The van der Waals surface area contributed by atoms with Crippen LogP contribution >= 0.6 is 12.6 Å². The van der Waals surface area contributed by atoms with E-state index in [-0.39, 0.29) is 15.5 Å². The van der Waals surface area contributed by atoms with Gasteiger partial charge in [-0.25, -0.2) is 12.8 Å². The highest BCUT2D eigenvalue weighted by molar-refractivity contribution is 7.92. The van der Waals surface area contributed by atoms with Gasteiger partial charge in [-0.15, -0.1) is 12.6 Å². The minimum absolute atomic E-state index is 0.0673. The second-order valence-electron chi connectivity index (χ2n) is 5.61. The third-order valence-electron chi connectivity index (χ3n) is 3.78. The summed E-state index contributed by atoms with van der Waals surface area (Å²) in [5.74, 6) is -0.707. The first kappa shape index (κ1) is 17.5. The molecule has 0 heterocycles. The van der Waals surface area contributed by atoms with Gasteiger partial charge in [0.1, 0.15) is 0 Å². The average molecular weight is 373 g/mol. The predicted molar refractivity (Wildman–Crippen MR) is 101 cm³/mol. The van der Waals surface area contributed by atoms with Crippen molar-refractivity contribution in [2.75, 3.05) is 4.72 Å². The van der Waals surface area contributed by atoms with E-state index in [0.29, 0.717) is 5.56 Å². The van der Waals surface area contributed by atoms with E-state index in [0.717, 1.165) is 11.1 Å². The summed E-state index contributed by atoms with van der Waals surface area (Å²) in [6, 6.07) is 18.5.